The fourth-order valence-corrected chi connectivity index (χ4v) is 2.65. The standard InChI is InChI=1S/C18H19BrN2O4/c1-4-7-21-17(22)14(20-18(21)23)9-12-10-15(24-6-3)16(11-13(12)19)25-8-5-2/h4-5,9-11H,1-2,6-8H2,3H3,(H,20,23)/b14-9+. The first-order chi connectivity index (χ1) is 12.0. The fourth-order valence-electron chi connectivity index (χ4n) is 2.21. The van der Waals surface area contributed by atoms with Crippen LogP contribution in [0.1, 0.15) is 12.5 Å². The second kappa shape index (κ2) is 8.53. The van der Waals surface area contributed by atoms with E-state index < -0.39 is 11.9 Å². The van der Waals surface area contributed by atoms with E-state index in [1.807, 2.05) is 6.92 Å². The molecule has 1 N–H and O–H groups in total. The minimum absolute atomic E-state index is 0.154. The van der Waals surface area contributed by atoms with Crippen molar-refractivity contribution in [1.82, 2.24) is 10.2 Å². The molecule has 3 amide bonds. The number of amides is 3. The van der Waals surface area contributed by atoms with E-state index in [0.29, 0.717) is 34.7 Å². The molecule has 0 saturated carbocycles. The lowest BCUT2D eigenvalue weighted by Crippen LogP contribution is -2.30. The number of halogens is 1. The van der Waals surface area contributed by atoms with Gasteiger partial charge in [0, 0.05) is 11.0 Å². The Hall–Kier alpha value is -2.54. The second-order valence-electron chi connectivity index (χ2n) is 5.05. The van der Waals surface area contributed by atoms with E-state index in [-0.39, 0.29) is 12.2 Å². The van der Waals surface area contributed by atoms with E-state index in [9.17, 15) is 9.59 Å². The Labute approximate surface area is 154 Å². The Bertz CT molecular complexity index is 743. The van der Waals surface area contributed by atoms with Crippen molar-refractivity contribution in [3.8, 4) is 11.5 Å². The number of benzene rings is 1. The molecule has 1 aliphatic heterocycles. The second-order valence-corrected chi connectivity index (χ2v) is 5.90. The third-order valence-electron chi connectivity index (χ3n) is 3.29. The average Bonchev–Trinajstić information content (AvgIpc) is 2.84. The number of ether oxygens (including phenoxy) is 2. The van der Waals surface area contributed by atoms with Crippen molar-refractivity contribution < 1.29 is 19.1 Å². The molecule has 0 atom stereocenters. The van der Waals surface area contributed by atoms with Crippen molar-refractivity contribution in [3.05, 3.63) is 53.2 Å². The number of hydrogen-bond acceptors (Lipinski definition) is 4. The first-order valence-electron chi connectivity index (χ1n) is 7.67. The van der Waals surface area contributed by atoms with E-state index in [0.717, 1.165) is 4.90 Å². The number of rotatable bonds is 8. The van der Waals surface area contributed by atoms with Gasteiger partial charge in [0.2, 0.25) is 0 Å². The molecule has 132 valence electrons. The highest BCUT2D eigenvalue weighted by molar-refractivity contribution is 9.10. The van der Waals surface area contributed by atoms with Crippen LogP contribution >= 0.6 is 15.9 Å². The lowest BCUT2D eigenvalue weighted by atomic mass is 10.1. The number of carbonyl (C=O) groups excluding carboxylic acids is 2. The normalized spacial score (nSPS) is 15.3. The number of hydrogen-bond donors (Lipinski definition) is 1. The number of imide groups is 1. The van der Waals surface area contributed by atoms with Crippen LogP contribution in [0.4, 0.5) is 4.79 Å². The zero-order valence-electron chi connectivity index (χ0n) is 13.9. The van der Waals surface area contributed by atoms with Crippen molar-refractivity contribution in [3.63, 3.8) is 0 Å². The van der Waals surface area contributed by atoms with Gasteiger partial charge in [0.25, 0.3) is 5.91 Å². The van der Waals surface area contributed by atoms with E-state index in [4.69, 9.17) is 9.47 Å². The molecule has 1 saturated heterocycles. The molecule has 0 unspecified atom stereocenters. The number of nitrogens with one attached hydrogen (secondary N) is 1. The first-order valence-corrected chi connectivity index (χ1v) is 8.46. The van der Waals surface area contributed by atoms with Gasteiger partial charge in [-0.05, 0) is 30.7 Å². The van der Waals surface area contributed by atoms with Crippen LogP contribution in [0.5, 0.6) is 11.5 Å². The predicted octanol–water partition coefficient (Wildman–Crippen LogP) is 3.49. The third-order valence-corrected chi connectivity index (χ3v) is 3.98. The molecule has 0 radical (unpaired) electrons. The van der Waals surface area contributed by atoms with Crippen molar-refractivity contribution in [2.45, 2.75) is 6.92 Å². The molecular weight excluding hydrogens is 388 g/mol. The summed E-state index contributed by atoms with van der Waals surface area (Å²) in [5, 5.41) is 2.56. The lowest BCUT2D eigenvalue weighted by Gasteiger charge is -2.13. The smallest absolute Gasteiger partial charge is 0.329 e. The van der Waals surface area contributed by atoms with E-state index in [1.54, 1.807) is 24.3 Å². The van der Waals surface area contributed by atoms with Crippen molar-refractivity contribution in [1.29, 1.82) is 0 Å². The van der Waals surface area contributed by atoms with Crippen molar-refractivity contribution >= 4 is 33.9 Å². The Morgan fingerprint density at radius 2 is 1.92 bits per heavy atom. The Morgan fingerprint density at radius 1 is 1.20 bits per heavy atom. The largest absolute Gasteiger partial charge is 0.490 e. The zero-order chi connectivity index (χ0) is 18.4. The molecule has 1 aromatic carbocycles. The molecule has 0 aromatic heterocycles. The molecule has 1 heterocycles. The summed E-state index contributed by atoms with van der Waals surface area (Å²) in [6, 6.07) is 3.03. The zero-order valence-corrected chi connectivity index (χ0v) is 15.5. The molecule has 25 heavy (non-hydrogen) atoms. The number of carbonyl (C=O) groups is 2. The van der Waals surface area contributed by atoms with Crippen LogP contribution in [0.2, 0.25) is 0 Å². The van der Waals surface area contributed by atoms with Crippen LogP contribution in [0.3, 0.4) is 0 Å². The van der Waals surface area contributed by atoms with Gasteiger partial charge < -0.3 is 14.8 Å². The molecule has 7 heteroatoms. The van der Waals surface area contributed by atoms with E-state index in [1.165, 1.54) is 6.08 Å². The molecule has 0 spiro atoms. The maximum atomic E-state index is 12.3. The van der Waals surface area contributed by atoms with Gasteiger partial charge in [-0.25, -0.2) is 4.79 Å². The first kappa shape index (κ1) is 18.8. The average molecular weight is 407 g/mol. The fraction of sp³-hybridized carbons (Fsp3) is 0.222. The summed E-state index contributed by atoms with van der Waals surface area (Å²) in [6.45, 7) is 9.99. The van der Waals surface area contributed by atoms with Crippen LogP contribution < -0.4 is 14.8 Å². The molecule has 6 nitrogen and oxygen atoms in total. The topological polar surface area (TPSA) is 67.9 Å². The molecule has 2 rings (SSSR count). The highest BCUT2D eigenvalue weighted by atomic mass is 79.9. The van der Waals surface area contributed by atoms with E-state index >= 15 is 0 Å². The summed E-state index contributed by atoms with van der Waals surface area (Å²) in [6.07, 6.45) is 4.73. The number of urea groups is 1. The summed E-state index contributed by atoms with van der Waals surface area (Å²) < 4.78 is 11.9. The summed E-state index contributed by atoms with van der Waals surface area (Å²) >= 11 is 3.45. The van der Waals surface area contributed by atoms with Gasteiger partial charge in [-0.2, -0.15) is 0 Å². The van der Waals surface area contributed by atoms with Gasteiger partial charge in [0.05, 0.1) is 6.61 Å². The van der Waals surface area contributed by atoms with Crippen molar-refractivity contribution in [2.24, 2.45) is 0 Å². The SMILES string of the molecule is C=CCOc1cc(Br)c(/C=C2/NC(=O)N(CC=C)C2=O)cc1OCC. The summed E-state index contributed by atoms with van der Waals surface area (Å²) in [4.78, 5) is 25.2. The van der Waals surface area contributed by atoms with Crippen LogP contribution in [0.15, 0.2) is 47.6 Å². The molecule has 1 aromatic rings. The van der Waals surface area contributed by atoms with Crippen LogP contribution in [0.25, 0.3) is 6.08 Å². The third kappa shape index (κ3) is 4.30. The van der Waals surface area contributed by atoms with Crippen LogP contribution in [0, 0.1) is 0 Å². The van der Waals surface area contributed by atoms with Gasteiger partial charge in [-0.15, -0.1) is 6.58 Å². The maximum Gasteiger partial charge on any atom is 0.329 e. The summed E-state index contributed by atoms with van der Waals surface area (Å²) in [5.41, 5.74) is 0.869. The van der Waals surface area contributed by atoms with Gasteiger partial charge in [-0.1, -0.05) is 34.7 Å². The Balaban J connectivity index is 2.37. The van der Waals surface area contributed by atoms with Gasteiger partial charge >= 0.3 is 6.03 Å². The highest BCUT2D eigenvalue weighted by Crippen LogP contribution is 2.35. The van der Waals surface area contributed by atoms with Gasteiger partial charge in [0.15, 0.2) is 11.5 Å². The Kier molecular flexibility index (Phi) is 6.41. The lowest BCUT2D eigenvalue weighted by molar-refractivity contribution is -0.122. The summed E-state index contributed by atoms with van der Waals surface area (Å²) in [7, 11) is 0. The van der Waals surface area contributed by atoms with E-state index in [2.05, 4.69) is 34.4 Å². The number of nitrogens with zero attached hydrogens (tertiary/aromatic N) is 1. The molecule has 1 aliphatic rings. The van der Waals surface area contributed by atoms with Crippen molar-refractivity contribution in [2.75, 3.05) is 19.8 Å². The van der Waals surface area contributed by atoms with Crippen LogP contribution in [-0.2, 0) is 4.79 Å². The van der Waals surface area contributed by atoms with Crippen LogP contribution in [-0.4, -0.2) is 36.6 Å². The Morgan fingerprint density at radius 3 is 2.56 bits per heavy atom. The molecule has 0 bridgehead atoms. The molecule has 1 fully saturated rings. The minimum Gasteiger partial charge on any atom is -0.490 e. The highest BCUT2D eigenvalue weighted by Gasteiger charge is 2.32. The maximum absolute atomic E-state index is 12.3. The van der Waals surface area contributed by atoms with Gasteiger partial charge in [-0.3, -0.25) is 9.69 Å². The molecular formula is C18H19BrN2O4. The quantitative estimate of drug-likeness (QED) is 0.407. The molecule has 0 aliphatic carbocycles. The predicted molar refractivity (Wildman–Crippen MR) is 99.4 cm³/mol. The summed E-state index contributed by atoms with van der Waals surface area (Å²) in [5.74, 6) is 0.701. The minimum atomic E-state index is -0.469. The van der Waals surface area contributed by atoms with Gasteiger partial charge in [0.1, 0.15) is 12.3 Å². The monoisotopic (exact) mass is 406 g/mol.